The number of hydrogen-bond acceptors (Lipinski definition) is 6. The van der Waals surface area contributed by atoms with Crippen LogP contribution in [0.1, 0.15) is 26.2 Å². The first-order valence-electron chi connectivity index (χ1n) is 7.68. The number of sulfonamides is 1. The predicted molar refractivity (Wildman–Crippen MR) is 88.7 cm³/mol. The quantitative estimate of drug-likeness (QED) is 0.769. The lowest BCUT2D eigenvalue weighted by molar-refractivity contribution is 0.346. The lowest BCUT2D eigenvalue weighted by atomic mass is 10.2. The first kappa shape index (κ1) is 16.5. The van der Waals surface area contributed by atoms with Crippen LogP contribution in [0.3, 0.4) is 0 Å². The van der Waals surface area contributed by atoms with E-state index in [2.05, 4.69) is 10.2 Å². The van der Waals surface area contributed by atoms with E-state index < -0.39 is 10.0 Å². The topological polar surface area (TPSA) is 76.3 Å². The Hall–Kier alpha value is -1.38. The molecule has 0 unspecified atom stereocenters. The van der Waals surface area contributed by atoms with Crippen molar-refractivity contribution in [1.29, 1.82) is 0 Å². The van der Waals surface area contributed by atoms with Crippen molar-refractivity contribution in [2.75, 3.05) is 18.8 Å². The van der Waals surface area contributed by atoms with Gasteiger partial charge in [0.1, 0.15) is 0 Å². The maximum Gasteiger partial charge on any atom is 0.276 e. The molecule has 1 saturated heterocycles. The Labute approximate surface area is 140 Å². The van der Waals surface area contributed by atoms with Gasteiger partial charge in [-0.05, 0) is 36.8 Å². The Morgan fingerprint density at radius 2 is 2.00 bits per heavy atom. The van der Waals surface area contributed by atoms with Crippen LogP contribution in [0.4, 0.5) is 0 Å². The van der Waals surface area contributed by atoms with Crippen molar-refractivity contribution in [3.63, 3.8) is 0 Å². The molecule has 2 aromatic rings. The molecule has 0 spiro atoms. The van der Waals surface area contributed by atoms with Gasteiger partial charge >= 0.3 is 0 Å². The van der Waals surface area contributed by atoms with Crippen molar-refractivity contribution >= 4 is 21.8 Å². The van der Waals surface area contributed by atoms with Gasteiger partial charge in [-0.2, -0.15) is 4.31 Å². The minimum absolute atomic E-state index is 0.278. The number of nitrogens with zero attached hydrogens (tertiary/aromatic N) is 3. The van der Waals surface area contributed by atoms with Gasteiger partial charge in [-0.3, -0.25) is 0 Å². The molecular weight excluding hydrogens is 334 g/mol. The van der Waals surface area contributed by atoms with Gasteiger partial charge in [0.2, 0.25) is 15.9 Å². The van der Waals surface area contributed by atoms with Crippen LogP contribution in [0.15, 0.2) is 38.8 Å². The largest absolute Gasteiger partial charge is 0.411 e. The van der Waals surface area contributed by atoms with E-state index in [9.17, 15) is 8.42 Å². The average Bonchev–Trinajstić information content (AvgIpc) is 3.05. The summed E-state index contributed by atoms with van der Waals surface area (Å²) in [6.45, 7) is 3.18. The van der Waals surface area contributed by atoms with Crippen LogP contribution in [-0.2, 0) is 10.0 Å². The normalized spacial score (nSPS) is 16.6. The molecule has 2 heterocycles. The molecule has 0 radical (unpaired) electrons. The van der Waals surface area contributed by atoms with Crippen molar-refractivity contribution < 1.29 is 12.8 Å². The maximum atomic E-state index is 12.7. The summed E-state index contributed by atoms with van der Waals surface area (Å²) >= 11 is 1.46. The monoisotopic (exact) mass is 353 g/mol. The van der Waals surface area contributed by atoms with Crippen molar-refractivity contribution in [3.05, 3.63) is 24.3 Å². The molecule has 0 N–H and O–H groups in total. The van der Waals surface area contributed by atoms with Gasteiger partial charge in [-0.1, -0.05) is 31.2 Å². The number of aromatic nitrogens is 2. The molecule has 1 fully saturated rings. The van der Waals surface area contributed by atoms with Crippen LogP contribution < -0.4 is 0 Å². The van der Waals surface area contributed by atoms with E-state index in [1.165, 1.54) is 11.8 Å². The Morgan fingerprint density at radius 3 is 2.74 bits per heavy atom. The first-order chi connectivity index (χ1) is 11.1. The molecular formula is C15H19N3O3S2. The number of rotatable bonds is 5. The molecule has 6 nitrogen and oxygen atoms in total. The summed E-state index contributed by atoms with van der Waals surface area (Å²) in [6.07, 6.45) is 2.92. The molecule has 1 aliphatic rings. The number of benzene rings is 1. The Kier molecular flexibility index (Phi) is 5.03. The average molecular weight is 353 g/mol. The van der Waals surface area contributed by atoms with Crippen LogP contribution in [0.25, 0.3) is 11.5 Å². The summed E-state index contributed by atoms with van der Waals surface area (Å²) in [5.41, 5.74) is 0.624. The van der Waals surface area contributed by atoms with Crippen molar-refractivity contribution in [2.24, 2.45) is 0 Å². The van der Waals surface area contributed by atoms with Crippen molar-refractivity contribution in [1.82, 2.24) is 14.5 Å². The second kappa shape index (κ2) is 7.02. The highest BCUT2D eigenvalue weighted by molar-refractivity contribution is 7.99. The first-order valence-corrected chi connectivity index (χ1v) is 10.1. The van der Waals surface area contributed by atoms with Gasteiger partial charge in [0, 0.05) is 18.7 Å². The summed E-state index contributed by atoms with van der Waals surface area (Å²) in [5, 5.41) is 8.44. The van der Waals surface area contributed by atoms with Gasteiger partial charge in [-0.25, -0.2) is 8.42 Å². The third-order valence-electron chi connectivity index (χ3n) is 3.71. The summed E-state index contributed by atoms with van der Waals surface area (Å²) in [7, 11) is -3.46. The second-order valence-corrected chi connectivity index (χ2v) is 8.45. The van der Waals surface area contributed by atoms with Crippen LogP contribution >= 0.6 is 11.8 Å². The SMILES string of the molecule is CCSc1nnc(-c2cccc(S(=O)(=O)N3CCCCC3)c2)o1. The van der Waals surface area contributed by atoms with Crippen molar-refractivity contribution in [2.45, 2.75) is 36.3 Å². The van der Waals surface area contributed by atoms with E-state index in [1.54, 1.807) is 28.6 Å². The summed E-state index contributed by atoms with van der Waals surface area (Å²) < 4.78 is 32.6. The lowest BCUT2D eigenvalue weighted by Gasteiger charge is -2.25. The highest BCUT2D eigenvalue weighted by Gasteiger charge is 2.26. The van der Waals surface area contributed by atoms with Gasteiger partial charge in [0.15, 0.2) is 0 Å². The summed E-state index contributed by atoms with van der Waals surface area (Å²) in [4.78, 5) is 0.278. The Morgan fingerprint density at radius 1 is 1.22 bits per heavy atom. The third-order valence-corrected chi connectivity index (χ3v) is 6.30. The molecule has 0 bridgehead atoms. The van der Waals surface area contributed by atoms with E-state index in [1.807, 2.05) is 6.92 Å². The zero-order valence-electron chi connectivity index (χ0n) is 12.9. The highest BCUT2D eigenvalue weighted by Crippen LogP contribution is 2.27. The van der Waals surface area contributed by atoms with E-state index in [-0.39, 0.29) is 4.90 Å². The molecule has 0 atom stereocenters. The van der Waals surface area contributed by atoms with E-state index in [4.69, 9.17) is 4.42 Å². The molecule has 3 rings (SSSR count). The maximum absolute atomic E-state index is 12.7. The molecule has 0 saturated carbocycles. The molecule has 23 heavy (non-hydrogen) atoms. The van der Waals surface area contributed by atoms with Gasteiger partial charge in [0.05, 0.1) is 4.90 Å². The van der Waals surface area contributed by atoms with Crippen LogP contribution in [-0.4, -0.2) is 41.8 Å². The minimum atomic E-state index is -3.46. The molecule has 1 aliphatic heterocycles. The zero-order chi connectivity index (χ0) is 16.3. The fraction of sp³-hybridized carbons (Fsp3) is 0.467. The number of hydrogen-bond donors (Lipinski definition) is 0. The molecule has 1 aromatic carbocycles. The second-order valence-electron chi connectivity index (χ2n) is 5.30. The zero-order valence-corrected chi connectivity index (χ0v) is 14.6. The smallest absolute Gasteiger partial charge is 0.276 e. The van der Waals surface area contributed by atoms with E-state index in [0.717, 1.165) is 25.0 Å². The minimum Gasteiger partial charge on any atom is -0.411 e. The Bertz CT molecular complexity index is 768. The number of thioether (sulfide) groups is 1. The molecule has 1 aromatic heterocycles. The van der Waals surface area contributed by atoms with Gasteiger partial charge in [-0.15, -0.1) is 10.2 Å². The Balaban J connectivity index is 1.89. The van der Waals surface area contributed by atoms with E-state index in [0.29, 0.717) is 29.8 Å². The molecule has 124 valence electrons. The lowest BCUT2D eigenvalue weighted by Crippen LogP contribution is -2.35. The fourth-order valence-corrected chi connectivity index (χ4v) is 4.60. The molecule has 8 heteroatoms. The standard InChI is InChI=1S/C15H19N3O3S2/c1-2-22-15-17-16-14(21-15)12-7-6-8-13(11-12)23(19,20)18-9-4-3-5-10-18/h6-8,11H,2-5,9-10H2,1H3. The predicted octanol–water partition coefficient (Wildman–Crippen LogP) is 3.02. The van der Waals surface area contributed by atoms with Crippen LogP contribution in [0.5, 0.6) is 0 Å². The highest BCUT2D eigenvalue weighted by atomic mass is 32.2. The van der Waals surface area contributed by atoms with Gasteiger partial charge in [0.25, 0.3) is 5.22 Å². The third kappa shape index (κ3) is 3.59. The van der Waals surface area contributed by atoms with Crippen LogP contribution in [0.2, 0.25) is 0 Å². The fourth-order valence-electron chi connectivity index (χ4n) is 2.55. The molecule has 0 aliphatic carbocycles. The van der Waals surface area contributed by atoms with E-state index >= 15 is 0 Å². The van der Waals surface area contributed by atoms with Crippen molar-refractivity contribution in [3.8, 4) is 11.5 Å². The summed E-state index contributed by atoms with van der Waals surface area (Å²) in [5.74, 6) is 1.18. The van der Waals surface area contributed by atoms with Gasteiger partial charge < -0.3 is 4.42 Å². The van der Waals surface area contributed by atoms with Crippen LogP contribution in [0, 0.1) is 0 Å². The number of piperidine rings is 1. The molecule has 0 amide bonds. The summed E-state index contributed by atoms with van der Waals surface area (Å²) in [6, 6.07) is 6.72.